The lowest BCUT2D eigenvalue weighted by molar-refractivity contribution is -0.117. The number of benzene rings is 2. The van der Waals surface area contributed by atoms with E-state index in [0.717, 1.165) is 0 Å². The minimum Gasteiger partial charge on any atom is -0.334 e. The Morgan fingerprint density at radius 1 is 1.15 bits per heavy atom. The van der Waals surface area contributed by atoms with Crippen molar-refractivity contribution in [2.45, 2.75) is 12.3 Å². The second-order valence-electron chi connectivity index (χ2n) is 6.03. The van der Waals surface area contributed by atoms with Gasteiger partial charge in [-0.05, 0) is 48.5 Å². The van der Waals surface area contributed by atoms with E-state index >= 15 is 0 Å². The quantitative estimate of drug-likeness (QED) is 0.725. The van der Waals surface area contributed by atoms with Gasteiger partial charge in [0.1, 0.15) is 5.82 Å². The van der Waals surface area contributed by atoms with Gasteiger partial charge in [-0.3, -0.25) is 4.79 Å². The molecule has 6 nitrogen and oxygen atoms in total. The van der Waals surface area contributed by atoms with Crippen LogP contribution in [0.5, 0.6) is 0 Å². The van der Waals surface area contributed by atoms with Gasteiger partial charge in [-0.25, -0.2) is 4.39 Å². The lowest BCUT2D eigenvalue weighted by atomic mass is 10.1. The lowest BCUT2D eigenvalue weighted by Crippen LogP contribution is -2.24. The molecule has 0 aliphatic carbocycles. The Hall–Kier alpha value is -3.53. The standard InChI is InChI=1S/C19H13FN4O2/c20-15-5-7-16(8-6-15)24-11-14(9-17(24)25)18-22-19(26-23-18)13-3-1-12(10-21)2-4-13/h1-8,14H,9,11H2/t14-/m0/s1. The van der Waals surface area contributed by atoms with Crippen LogP contribution in [0.2, 0.25) is 0 Å². The van der Waals surface area contributed by atoms with E-state index in [1.807, 2.05) is 0 Å². The molecule has 1 atom stereocenters. The zero-order chi connectivity index (χ0) is 18.1. The van der Waals surface area contributed by atoms with Gasteiger partial charge in [0.05, 0.1) is 11.6 Å². The molecule has 1 saturated heterocycles. The third-order valence-corrected chi connectivity index (χ3v) is 4.33. The maximum Gasteiger partial charge on any atom is 0.257 e. The molecule has 0 radical (unpaired) electrons. The van der Waals surface area contributed by atoms with Gasteiger partial charge in [0.2, 0.25) is 5.91 Å². The highest BCUT2D eigenvalue weighted by Crippen LogP contribution is 2.31. The third-order valence-electron chi connectivity index (χ3n) is 4.33. The predicted molar refractivity (Wildman–Crippen MR) is 90.6 cm³/mol. The van der Waals surface area contributed by atoms with Crippen LogP contribution >= 0.6 is 0 Å². The van der Waals surface area contributed by atoms with Crippen LogP contribution in [0.15, 0.2) is 53.1 Å². The second-order valence-corrected chi connectivity index (χ2v) is 6.03. The van der Waals surface area contributed by atoms with Crippen molar-refractivity contribution in [3.8, 4) is 17.5 Å². The van der Waals surface area contributed by atoms with Gasteiger partial charge in [0.15, 0.2) is 5.82 Å². The van der Waals surface area contributed by atoms with Crippen molar-refractivity contribution in [1.29, 1.82) is 5.26 Å². The highest BCUT2D eigenvalue weighted by Gasteiger charge is 2.34. The molecule has 4 rings (SSSR count). The SMILES string of the molecule is N#Cc1ccc(-c2nc([C@H]3CC(=O)N(c4ccc(F)cc4)C3)no2)cc1. The lowest BCUT2D eigenvalue weighted by Gasteiger charge is -2.15. The average Bonchev–Trinajstić information content (AvgIpc) is 3.29. The van der Waals surface area contributed by atoms with Crippen molar-refractivity contribution >= 4 is 11.6 Å². The van der Waals surface area contributed by atoms with Crippen molar-refractivity contribution in [2.75, 3.05) is 11.4 Å². The summed E-state index contributed by atoms with van der Waals surface area (Å²) in [4.78, 5) is 18.3. The van der Waals surface area contributed by atoms with E-state index in [-0.39, 0.29) is 24.1 Å². The fraction of sp³-hybridized carbons (Fsp3) is 0.158. The molecule has 0 unspecified atom stereocenters. The summed E-state index contributed by atoms with van der Waals surface area (Å²) in [6.07, 6.45) is 0.268. The summed E-state index contributed by atoms with van der Waals surface area (Å²) in [5, 5.41) is 12.9. The molecule has 2 heterocycles. The predicted octanol–water partition coefficient (Wildman–Crippen LogP) is 3.27. The second kappa shape index (κ2) is 6.41. The van der Waals surface area contributed by atoms with E-state index in [1.165, 1.54) is 12.1 Å². The zero-order valence-corrected chi connectivity index (χ0v) is 13.6. The number of aromatic nitrogens is 2. The van der Waals surface area contributed by atoms with Gasteiger partial charge in [-0.15, -0.1) is 0 Å². The summed E-state index contributed by atoms with van der Waals surface area (Å²) in [7, 11) is 0. The van der Waals surface area contributed by atoms with E-state index in [0.29, 0.717) is 35.1 Å². The Bertz CT molecular complexity index is 990. The van der Waals surface area contributed by atoms with E-state index in [9.17, 15) is 9.18 Å². The molecule has 26 heavy (non-hydrogen) atoms. The molecule has 0 saturated carbocycles. The summed E-state index contributed by atoms with van der Waals surface area (Å²) in [5.41, 5.74) is 1.90. The number of rotatable bonds is 3. The summed E-state index contributed by atoms with van der Waals surface area (Å²) < 4.78 is 18.4. The molecule has 0 N–H and O–H groups in total. The first-order valence-corrected chi connectivity index (χ1v) is 8.04. The summed E-state index contributed by atoms with van der Waals surface area (Å²) in [6, 6.07) is 14.7. The molecule has 1 aromatic heterocycles. The van der Waals surface area contributed by atoms with E-state index in [1.54, 1.807) is 41.3 Å². The van der Waals surface area contributed by atoms with Crippen LogP contribution < -0.4 is 4.90 Å². The van der Waals surface area contributed by atoms with Gasteiger partial charge in [0, 0.05) is 30.1 Å². The Morgan fingerprint density at radius 3 is 2.58 bits per heavy atom. The van der Waals surface area contributed by atoms with Gasteiger partial charge < -0.3 is 9.42 Å². The molecule has 128 valence electrons. The van der Waals surface area contributed by atoms with Crippen molar-refractivity contribution < 1.29 is 13.7 Å². The molecule has 1 fully saturated rings. The average molecular weight is 348 g/mol. The number of anilines is 1. The van der Waals surface area contributed by atoms with Gasteiger partial charge in [0.25, 0.3) is 5.89 Å². The molecule has 0 bridgehead atoms. The fourth-order valence-corrected chi connectivity index (χ4v) is 2.96. The number of nitriles is 1. The van der Waals surface area contributed by atoms with Gasteiger partial charge in [-0.2, -0.15) is 10.2 Å². The molecule has 7 heteroatoms. The number of amides is 1. The number of carbonyl (C=O) groups is 1. The van der Waals surface area contributed by atoms with Crippen molar-refractivity contribution in [1.82, 2.24) is 10.1 Å². The normalized spacial score (nSPS) is 16.7. The van der Waals surface area contributed by atoms with Crippen LogP contribution in [0.1, 0.15) is 23.7 Å². The van der Waals surface area contributed by atoms with Crippen LogP contribution in [-0.4, -0.2) is 22.6 Å². The van der Waals surface area contributed by atoms with Crippen molar-refractivity contribution in [2.24, 2.45) is 0 Å². The summed E-state index contributed by atoms with van der Waals surface area (Å²) in [5.74, 6) is 0.205. The van der Waals surface area contributed by atoms with Gasteiger partial charge in [-0.1, -0.05) is 5.16 Å². The largest absolute Gasteiger partial charge is 0.334 e. The number of hydrogen-bond donors (Lipinski definition) is 0. The Balaban J connectivity index is 1.53. The maximum absolute atomic E-state index is 13.1. The number of carbonyl (C=O) groups excluding carboxylic acids is 1. The summed E-state index contributed by atoms with van der Waals surface area (Å²) >= 11 is 0. The molecular weight excluding hydrogens is 335 g/mol. The first kappa shape index (κ1) is 16.0. The van der Waals surface area contributed by atoms with E-state index < -0.39 is 0 Å². The number of nitrogens with zero attached hydrogens (tertiary/aromatic N) is 4. The summed E-state index contributed by atoms with van der Waals surface area (Å²) in [6.45, 7) is 0.414. The first-order valence-electron chi connectivity index (χ1n) is 8.04. The zero-order valence-electron chi connectivity index (χ0n) is 13.6. The molecule has 2 aromatic carbocycles. The van der Waals surface area contributed by atoms with E-state index in [2.05, 4.69) is 16.2 Å². The van der Waals surface area contributed by atoms with Crippen LogP contribution in [0.25, 0.3) is 11.5 Å². The Kier molecular flexibility index (Phi) is 3.93. The van der Waals surface area contributed by atoms with Gasteiger partial charge >= 0.3 is 0 Å². The molecular formula is C19H13FN4O2. The van der Waals surface area contributed by atoms with Crippen molar-refractivity contribution in [3.63, 3.8) is 0 Å². The molecule has 3 aromatic rings. The van der Waals surface area contributed by atoms with Crippen LogP contribution in [0.4, 0.5) is 10.1 Å². The minimum atomic E-state index is -0.345. The minimum absolute atomic E-state index is 0.0636. The Labute approximate surface area is 148 Å². The maximum atomic E-state index is 13.1. The fourth-order valence-electron chi connectivity index (χ4n) is 2.96. The van der Waals surface area contributed by atoms with Crippen LogP contribution in [0.3, 0.4) is 0 Å². The number of hydrogen-bond acceptors (Lipinski definition) is 5. The molecule has 1 amide bonds. The third kappa shape index (κ3) is 2.93. The smallest absolute Gasteiger partial charge is 0.257 e. The first-order chi connectivity index (χ1) is 12.6. The number of halogens is 1. The highest BCUT2D eigenvalue weighted by atomic mass is 19.1. The highest BCUT2D eigenvalue weighted by molar-refractivity contribution is 5.96. The van der Waals surface area contributed by atoms with Crippen LogP contribution in [-0.2, 0) is 4.79 Å². The van der Waals surface area contributed by atoms with Crippen LogP contribution in [0, 0.1) is 17.1 Å². The topological polar surface area (TPSA) is 83.0 Å². The molecule has 1 aliphatic rings. The van der Waals surface area contributed by atoms with Crippen molar-refractivity contribution in [3.05, 3.63) is 65.7 Å². The van der Waals surface area contributed by atoms with E-state index in [4.69, 9.17) is 9.78 Å². The monoisotopic (exact) mass is 348 g/mol. The molecule has 1 aliphatic heterocycles. The molecule has 0 spiro atoms. The Morgan fingerprint density at radius 2 is 1.88 bits per heavy atom.